The van der Waals surface area contributed by atoms with Gasteiger partial charge in [-0.25, -0.2) is 4.98 Å². The highest BCUT2D eigenvalue weighted by atomic mass is 16.5. The van der Waals surface area contributed by atoms with Crippen LogP contribution in [-0.2, 0) is 30.7 Å². The molecule has 0 bridgehead atoms. The van der Waals surface area contributed by atoms with Gasteiger partial charge in [0.1, 0.15) is 5.82 Å². The van der Waals surface area contributed by atoms with Crippen LogP contribution in [0.1, 0.15) is 43.4 Å². The SMILES string of the molecule is CCc1nc2c(n1CC1(CCOC)CC1)CCNC2. The Hall–Kier alpha value is -0.870. The van der Waals surface area contributed by atoms with Gasteiger partial charge in [-0.3, -0.25) is 0 Å². The summed E-state index contributed by atoms with van der Waals surface area (Å²) in [5, 5.41) is 3.42. The fraction of sp³-hybridized carbons (Fsp3) is 0.800. The van der Waals surface area contributed by atoms with Crippen LogP contribution in [0, 0.1) is 5.41 Å². The summed E-state index contributed by atoms with van der Waals surface area (Å²) in [7, 11) is 1.80. The van der Waals surface area contributed by atoms with Gasteiger partial charge in [-0.1, -0.05) is 6.92 Å². The Labute approximate surface area is 115 Å². The molecule has 4 nitrogen and oxygen atoms in total. The monoisotopic (exact) mass is 263 g/mol. The Morgan fingerprint density at radius 1 is 1.42 bits per heavy atom. The van der Waals surface area contributed by atoms with Crippen molar-refractivity contribution in [1.82, 2.24) is 14.9 Å². The van der Waals surface area contributed by atoms with Crippen molar-refractivity contribution in [3.63, 3.8) is 0 Å². The highest BCUT2D eigenvalue weighted by molar-refractivity contribution is 5.21. The molecule has 1 aromatic rings. The molecule has 0 aromatic carbocycles. The first-order valence-electron chi connectivity index (χ1n) is 7.55. The highest BCUT2D eigenvalue weighted by Crippen LogP contribution is 2.50. The molecule has 106 valence electrons. The van der Waals surface area contributed by atoms with E-state index in [9.17, 15) is 0 Å². The third kappa shape index (κ3) is 2.56. The minimum atomic E-state index is 0.499. The molecular weight excluding hydrogens is 238 g/mol. The van der Waals surface area contributed by atoms with Crippen molar-refractivity contribution in [2.24, 2.45) is 5.41 Å². The molecule has 0 unspecified atom stereocenters. The van der Waals surface area contributed by atoms with E-state index in [-0.39, 0.29) is 0 Å². The predicted octanol–water partition coefficient (Wildman–Crippen LogP) is 1.91. The zero-order valence-electron chi connectivity index (χ0n) is 12.2. The van der Waals surface area contributed by atoms with Crippen molar-refractivity contribution in [2.45, 2.75) is 52.1 Å². The van der Waals surface area contributed by atoms with E-state index in [0.717, 1.165) is 39.1 Å². The molecule has 2 heterocycles. The van der Waals surface area contributed by atoms with Crippen LogP contribution in [0.4, 0.5) is 0 Å². The van der Waals surface area contributed by atoms with Crippen LogP contribution in [0.2, 0.25) is 0 Å². The van der Waals surface area contributed by atoms with Gasteiger partial charge in [0.05, 0.1) is 5.69 Å². The van der Waals surface area contributed by atoms with Crippen LogP contribution < -0.4 is 5.32 Å². The molecule has 2 aliphatic rings. The van der Waals surface area contributed by atoms with E-state index in [4.69, 9.17) is 9.72 Å². The summed E-state index contributed by atoms with van der Waals surface area (Å²) in [6, 6.07) is 0. The number of rotatable bonds is 6. The van der Waals surface area contributed by atoms with E-state index in [1.165, 1.54) is 36.5 Å². The lowest BCUT2D eigenvalue weighted by Crippen LogP contribution is -2.26. The average Bonchev–Trinajstić information content (AvgIpc) is 3.12. The van der Waals surface area contributed by atoms with Gasteiger partial charge in [0, 0.05) is 51.9 Å². The summed E-state index contributed by atoms with van der Waals surface area (Å²) >= 11 is 0. The maximum atomic E-state index is 5.27. The molecule has 1 aliphatic carbocycles. The van der Waals surface area contributed by atoms with Crippen LogP contribution >= 0.6 is 0 Å². The van der Waals surface area contributed by atoms with Gasteiger partial charge in [-0.2, -0.15) is 0 Å². The summed E-state index contributed by atoms with van der Waals surface area (Å²) in [6.07, 6.45) is 6.06. The van der Waals surface area contributed by atoms with Crippen LogP contribution in [-0.4, -0.2) is 29.8 Å². The van der Waals surface area contributed by atoms with Gasteiger partial charge in [-0.15, -0.1) is 0 Å². The van der Waals surface area contributed by atoms with Crippen LogP contribution in [0.25, 0.3) is 0 Å². The van der Waals surface area contributed by atoms with Gasteiger partial charge in [0.2, 0.25) is 0 Å². The van der Waals surface area contributed by atoms with Gasteiger partial charge in [-0.05, 0) is 24.7 Å². The molecule has 4 heteroatoms. The van der Waals surface area contributed by atoms with Crippen molar-refractivity contribution >= 4 is 0 Å². The van der Waals surface area contributed by atoms with E-state index in [0.29, 0.717) is 5.41 Å². The Morgan fingerprint density at radius 2 is 2.26 bits per heavy atom. The Morgan fingerprint density at radius 3 is 2.95 bits per heavy atom. The molecule has 0 radical (unpaired) electrons. The summed E-state index contributed by atoms with van der Waals surface area (Å²) in [4.78, 5) is 4.83. The summed E-state index contributed by atoms with van der Waals surface area (Å²) in [5.74, 6) is 1.28. The molecule has 0 amide bonds. The first kappa shape index (κ1) is 13.1. The second-order valence-corrected chi connectivity index (χ2v) is 6.03. The van der Waals surface area contributed by atoms with E-state index in [1.54, 1.807) is 7.11 Å². The molecular formula is C15H25N3O. The van der Waals surface area contributed by atoms with E-state index in [1.807, 2.05) is 0 Å². The zero-order chi connectivity index (χ0) is 13.3. The highest BCUT2D eigenvalue weighted by Gasteiger charge is 2.43. The number of nitrogens with zero attached hydrogens (tertiary/aromatic N) is 2. The largest absolute Gasteiger partial charge is 0.385 e. The van der Waals surface area contributed by atoms with Gasteiger partial charge >= 0.3 is 0 Å². The minimum absolute atomic E-state index is 0.499. The van der Waals surface area contributed by atoms with Gasteiger partial charge in [0.15, 0.2) is 0 Å². The lowest BCUT2D eigenvalue weighted by molar-refractivity contribution is 0.166. The molecule has 3 rings (SSSR count). The van der Waals surface area contributed by atoms with Crippen LogP contribution in [0.15, 0.2) is 0 Å². The Balaban J connectivity index is 1.81. The molecule has 0 saturated heterocycles. The van der Waals surface area contributed by atoms with Crippen molar-refractivity contribution in [3.8, 4) is 0 Å². The third-order valence-electron chi connectivity index (χ3n) is 4.67. The quantitative estimate of drug-likeness (QED) is 0.852. The molecule has 1 N–H and O–H groups in total. The van der Waals surface area contributed by atoms with Crippen molar-refractivity contribution in [2.75, 3.05) is 20.3 Å². The number of hydrogen-bond acceptors (Lipinski definition) is 3. The molecule has 1 fully saturated rings. The van der Waals surface area contributed by atoms with Gasteiger partial charge < -0.3 is 14.6 Å². The van der Waals surface area contributed by atoms with E-state index >= 15 is 0 Å². The summed E-state index contributed by atoms with van der Waals surface area (Å²) in [6.45, 7) is 6.29. The van der Waals surface area contributed by atoms with Crippen molar-refractivity contribution < 1.29 is 4.74 Å². The van der Waals surface area contributed by atoms with Crippen LogP contribution in [0.5, 0.6) is 0 Å². The molecule has 0 atom stereocenters. The molecule has 19 heavy (non-hydrogen) atoms. The summed E-state index contributed by atoms with van der Waals surface area (Å²) in [5.41, 5.74) is 3.27. The Bertz CT molecular complexity index is 448. The fourth-order valence-corrected chi connectivity index (χ4v) is 3.20. The lowest BCUT2D eigenvalue weighted by Gasteiger charge is -2.21. The third-order valence-corrected chi connectivity index (χ3v) is 4.67. The van der Waals surface area contributed by atoms with Gasteiger partial charge in [0.25, 0.3) is 0 Å². The summed E-state index contributed by atoms with van der Waals surface area (Å²) < 4.78 is 7.80. The average molecular weight is 263 g/mol. The number of imidazole rings is 1. The number of nitrogens with one attached hydrogen (secondary N) is 1. The first-order valence-corrected chi connectivity index (χ1v) is 7.55. The Kier molecular flexibility index (Phi) is 3.63. The van der Waals surface area contributed by atoms with E-state index < -0.39 is 0 Å². The molecule has 0 spiro atoms. The zero-order valence-corrected chi connectivity index (χ0v) is 12.2. The number of aromatic nitrogens is 2. The minimum Gasteiger partial charge on any atom is -0.385 e. The maximum absolute atomic E-state index is 5.27. The number of hydrogen-bond donors (Lipinski definition) is 1. The maximum Gasteiger partial charge on any atom is 0.108 e. The number of fused-ring (bicyclic) bond motifs is 1. The molecule has 1 saturated carbocycles. The first-order chi connectivity index (χ1) is 9.28. The molecule has 1 aromatic heterocycles. The second-order valence-electron chi connectivity index (χ2n) is 6.03. The number of aryl methyl sites for hydroxylation is 1. The number of ether oxygens (including phenoxy) is 1. The van der Waals surface area contributed by atoms with E-state index in [2.05, 4.69) is 16.8 Å². The van der Waals surface area contributed by atoms with Crippen LogP contribution in [0.3, 0.4) is 0 Å². The smallest absolute Gasteiger partial charge is 0.108 e. The standard InChI is InChI=1S/C15H25N3O/c1-3-14-17-12-10-16-8-4-13(12)18(14)11-15(5-6-15)7-9-19-2/h16H,3-11H2,1-2H3. The number of methoxy groups -OCH3 is 1. The fourth-order valence-electron chi connectivity index (χ4n) is 3.20. The molecule has 1 aliphatic heterocycles. The predicted molar refractivity (Wildman–Crippen MR) is 75.2 cm³/mol. The lowest BCUT2D eigenvalue weighted by atomic mass is 10.0. The van der Waals surface area contributed by atoms with Crippen molar-refractivity contribution in [3.05, 3.63) is 17.2 Å². The second kappa shape index (κ2) is 5.25. The topological polar surface area (TPSA) is 39.1 Å². The van der Waals surface area contributed by atoms with Crippen molar-refractivity contribution in [1.29, 1.82) is 0 Å². The normalized spacial score (nSPS) is 20.3.